The SMILES string of the molecule is CN(Cc1cccc(Br)c1)C(=O)C1(N)CCOC1. The third-order valence-corrected chi connectivity index (χ3v) is 3.63. The Morgan fingerprint density at radius 2 is 2.39 bits per heavy atom. The average molecular weight is 313 g/mol. The van der Waals surface area contributed by atoms with Gasteiger partial charge in [0.05, 0.1) is 6.61 Å². The maximum absolute atomic E-state index is 12.3. The number of hydrogen-bond acceptors (Lipinski definition) is 3. The van der Waals surface area contributed by atoms with Gasteiger partial charge in [0.15, 0.2) is 0 Å². The predicted molar refractivity (Wildman–Crippen MR) is 73.0 cm³/mol. The minimum atomic E-state index is -0.846. The molecule has 1 fully saturated rings. The predicted octanol–water partition coefficient (Wildman–Crippen LogP) is 1.53. The van der Waals surface area contributed by atoms with Crippen molar-refractivity contribution < 1.29 is 9.53 Å². The average Bonchev–Trinajstić information content (AvgIpc) is 2.76. The molecular formula is C13H17BrN2O2. The topological polar surface area (TPSA) is 55.6 Å². The summed E-state index contributed by atoms with van der Waals surface area (Å²) in [6.45, 7) is 1.43. The smallest absolute Gasteiger partial charge is 0.245 e. The van der Waals surface area contributed by atoms with Gasteiger partial charge in [0, 0.05) is 24.7 Å². The Hall–Kier alpha value is -0.910. The lowest BCUT2D eigenvalue weighted by molar-refractivity contribution is -0.136. The monoisotopic (exact) mass is 312 g/mol. The number of nitrogens with two attached hydrogens (primary N) is 1. The standard InChI is InChI=1S/C13H17BrN2O2/c1-16(8-10-3-2-4-11(14)7-10)12(17)13(15)5-6-18-9-13/h2-4,7H,5-6,8-9,15H2,1H3. The van der Waals surface area contributed by atoms with Crippen LogP contribution in [0.25, 0.3) is 0 Å². The summed E-state index contributed by atoms with van der Waals surface area (Å²) in [5, 5.41) is 0. The van der Waals surface area contributed by atoms with Crippen LogP contribution >= 0.6 is 15.9 Å². The van der Waals surface area contributed by atoms with Crippen molar-refractivity contribution in [2.45, 2.75) is 18.5 Å². The molecule has 1 aliphatic heterocycles. The lowest BCUT2D eigenvalue weighted by atomic mass is 9.98. The lowest BCUT2D eigenvalue weighted by Crippen LogP contribution is -2.54. The van der Waals surface area contributed by atoms with Crippen molar-refractivity contribution in [3.63, 3.8) is 0 Å². The molecule has 1 amide bonds. The van der Waals surface area contributed by atoms with Crippen molar-refractivity contribution in [2.75, 3.05) is 20.3 Å². The van der Waals surface area contributed by atoms with Gasteiger partial charge >= 0.3 is 0 Å². The summed E-state index contributed by atoms with van der Waals surface area (Å²) in [7, 11) is 1.77. The molecule has 1 saturated heterocycles. The van der Waals surface area contributed by atoms with Gasteiger partial charge in [0.2, 0.25) is 5.91 Å². The van der Waals surface area contributed by atoms with Gasteiger partial charge in [-0.2, -0.15) is 0 Å². The number of likely N-dealkylation sites (N-methyl/N-ethyl adjacent to an activating group) is 1. The summed E-state index contributed by atoms with van der Waals surface area (Å²) in [5.41, 5.74) is 6.29. The van der Waals surface area contributed by atoms with Crippen molar-refractivity contribution in [1.82, 2.24) is 4.90 Å². The fourth-order valence-electron chi connectivity index (χ4n) is 2.11. The normalized spacial score (nSPS) is 23.1. The summed E-state index contributed by atoms with van der Waals surface area (Å²) in [4.78, 5) is 13.9. The molecule has 1 aromatic rings. The molecule has 4 nitrogen and oxygen atoms in total. The Morgan fingerprint density at radius 3 is 3.00 bits per heavy atom. The van der Waals surface area contributed by atoms with Gasteiger partial charge in [-0.3, -0.25) is 4.79 Å². The molecule has 1 aromatic carbocycles. The largest absolute Gasteiger partial charge is 0.379 e. The zero-order valence-electron chi connectivity index (χ0n) is 10.4. The van der Waals surface area contributed by atoms with Crippen molar-refractivity contribution in [2.24, 2.45) is 5.73 Å². The van der Waals surface area contributed by atoms with Crippen LogP contribution in [0, 0.1) is 0 Å². The fourth-order valence-corrected chi connectivity index (χ4v) is 2.56. The molecular weight excluding hydrogens is 296 g/mol. The van der Waals surface area contributed by atoms with Crippen LogP contribution in [0.4, 0.5) is 0 Å². The highest BCUT2D eigenvalue weighted by Gasteiger charge is 2.40. The minimum Gasteiger partial charge on any atom is -0.379 e. The summed E-state index contributed by atoms with van der Waals surface area (Å²) in [6, 6.07) is 7.90. The lowest BCUT2D eigenvalue weighted by Gasteiger charge is -2.27. The first-order chi connectivity index (χ1) is 8.51. The molecule has 0 bridgehead atoms. The molecule has 0 radical (unpaired) electrons. The third-order valence-electron chi connectivity index (χ3n) is 3.13. The van der Waals surface area contributed by atoms with Crippen LogP contribution in [-0.2, 0) is 16.1 Å². The van der Waals surface area contributed by atoms with E-state index in [-0.39, 0.29) is 5.91 Å². The van der Waals surface area contributed by atoms with E-state index in [1.807, 2.05) is 24.3 Å². The number of rotatable bonds is 3. The van der Waals surface area contributed by atoms with E-state index >= 15 is 0 Å². The first-order valence-electron chi connectivity index (χ1n) is 5.88. The molecule has 1 unspecified atom stereocenters. The maximum atomic E-state index is 12.3. The Labute approximate surface area is 115 Å². The zero-order valence-corrected chi connectivity index (χ0v) is 11.9. The van der Waals surface area contributed by atoms with Crippen LogP contribution in [0.15, 0.2) is 28.7 Å². The molecule has 0 aliphatic carbocycles. The van der Waals surface area contributed by atoms with Crippen molar-refractivity contribution in [1.29, 1.82) is 0 Å². The summed E-state index contributed by atoms with van der Waals surface area (Å²) >= 11 is 3.42. The molecule has 0 aromatic heterocycles. The van der Waals surface area contributed by atoms with E-state index in [1.54, 1.807) is 11.9 Å². The molecule has 18 heavy (non-hydrogen) atoms. The van der Waals surface area contributed by atoms with Gasteiger partial charge in [-0.1, -0.05) is 28.1 Å². The maximum Gasteiger partial charge on any atom is 0.245 e. The van der Waals surface area contributed by atoms with E-state index in [9.17, 15) is 4.79 Å². The van der Waals surface area contributed by atoms with Crippen LogP contribution in [0.3, 0.4) is 0 Å². The molecule has 1 atom stereocenters. The zero-order chi connectivity index (χ0) is 13.2. The van der Waals surface area contributed by atoms with Gasteiger partial charge in [-0.25, -0.2) is 0 Å². The number of carbonyl (C=O) groups excluding carboxylic acids is 1. The Kier molecular flexibility index (Phi) is 4.04. The first kappa shape index (κ1) is 13.5. The van der Waals surface area contributed by atoms with Crippen molar-refractivity contribution in [3.8, 4) is 0 Å². The second kappa shape index (κ2) is 5.38. The minimum absolute atomic E-state index is 0.0556. The van der Waals surface area contributed by atoms with Gasteiger partial charge in [0.1, 0.15) is 5.54 Å². The highest BCUT2D eigenvalue weighted by Crippen LogP contribution is 2.19. The van der Waals surface area contributed by atoms with Gasteiger partial charge in [-0.05, 0) is 24.1 Å². The van der Waals surface area contributed by atoms with Crippen LogP contribution in [-0.4, -0.2) is 36.6 Å². The molecule has 0 spiro atoms. The molecule has 5 heteroatoms. The van der Waals surface area contributed by atoms with E-state index in [1.165, 1.54) is 0 Å². The number of nitrogens with zero attached hydrogens (tertiary/aromatic N) is 1. The molecule has 1 aliphatic rings. The first-order valence-corrected chi connectivity index (χ1v) is 6.67. The second-order valence-electron chi connectivity index (χ2n) is 4.75. The van der Waals surface area contributed by atoms with E-state index < -0.39 is 5.54 Å². The fraction of sp³-hybridized carbons (Fsp3) is 0.462. The Bertz CT molecular complexity index is 444. The third kappa shape index (κ3) is 2.91. The molecule has 1 heterocycles. The number of halogens is 1. The summed E-state index contributed by atoms with van der Waals surface area (Å²) in [5.74, 6) is -0.0556. The number of hydrogen-bond donors (Lipinski definition) is 1. The summed E-state index contributed by atoms with van der Waals surface area (Å²) < 4.78 is 6.23. The van der Waals surface area contributed by atoms with Crippen molar-refractivity contribution >= 4 is 21.8 Å². The molecule has 0 saturated carbocycles. The number of benzene rings is 1. The number of ether oxygens (including phenoxy) is 1. The highest BCUT2D eigenvalue weighted by molar-refractivity contribution is 9.10. The number of amides is 1. The molecule has 2 rings (SSSR count). The van der Waals surface area contributed by atoms with Crippen molar-refractivity contribution in [3.05, 3.63) is 34.3 Å². The quantitative estimate of drug-likeness (QED) is 0.921. The van der Waals surface area contributed by atoms with Crippen LogP contribution < -0.4 is 5.73 Å². The van der Waals surface area contributed by atoms with Gasteiger partial charge in [-0.15, -0.1) is 0 Å². The van der Waals surface area contributed by atoms with E-state index in [0.29, 0.717) is 26.2 Å². The van der Waals surface area contributed by atoms with Crippen LogP contribution in [0.2, 0.25) is 0 Å². The van der Waals surface area contributed by atoms with Gasteiger partial charge in [0.25, 0.3) is 0 Å². The van der Waals surface area contributed by atoms with Gasteiger partial charge < -0.3 is 15.4 Å². The van der Waals surface area contributed by atoms with E-state index in [2.05, 4.69) is 15.9 Å². The molecule has 98 valence electrons. The second-order valence-corrected chi connectivity index (χ2v) is 5.67. The van der Waals surface area contributed by atoms with Crippen LogP contribution in [0.5, 0.6) is 0 Å². The Morgan fingerprint density at radius 1 is 1.61 bits per heavy atom. The van der Waals surface area contributed by atoms with E-state index in [0.717, 1.165) is 10.0 Å². The number of carbonyl (C=O) groups is 1. The Balaban J connectivity index is 2.03. The van der Waals surface area contributed by atoms with E-state index in [4.69, 9.17) is 10.5 Å². The summed E-state index contributed by atoms with van der Waals surface area (Å²) in [6.07, 6.45) is 0.592. The molecule has 2 N–H and O–H groups in total. The van der Waals surface area contributed by atoms with Crippen LogP contribution in [0.1, 0.15) is 12.0 Å². The highest BCUT2D eigenvalue weighted by atomic mass is 79.9.